The van der Waals surface area contributed by atoms with E-state index < -0.39 is 6.10 Å². The molecule has 0 saturated carbocycles. The molecular formula is C13H20FNO. The van der Waals surface area contributed by atoms with Crippen molar-refractivity contribution in [3.63, 3.8) is 0 Å². The third-order valence-corrected chi connectivity index (χ3v) is 2.67. The van der Waals surface area contributed by atoms with Gasteiger partial charge in [-0.3, -0.25) is 0 Å². The van der Waals surface area contributed by atoms with Gasteiger partial charge in [-0.1, -0.05) is 26.0 Å². The Morgan fingerprint density at radius 3 is 2.75 bits per heavy atom. The standard InChI is InChI=1S/C11H14FNO.C2H6/c12-9-4-1-3-8(7-9)11(14)10-5-2-6-13-10;1-2/h1,3-4,7,10-11,13-14H,2,5-6H2;1-2H3/t10-,11?;/m0./s1. The molecule has 0 bridgehead atoms. The van der Waals surface area contributed by atoms with Crippen LogP contribution in [0.5, 0.6) is 0 Å². The zero-order valence-electron chi connectivity index (χ0n) is 9.91. The van der Waals surface area contributed by atoms with Gasteiger partial charge in [0.2, 0.25) is 0 Å². The normalized spacial score (nSPS) is 21.1. The van der Waals surface area contributed by atoms with Crippen molar-refractivity contribution in [2.24, 2.45) is 0 Å². The average molecular weight is 225 g/mol. The van der Waals surface area contributed by atoms with Gasteiger partial charge in [0.25, 0.3) is 0 Å². The van der Waals surface area contributed by atoms with Crippen LogP contribution in [0.15, 0.2) is 24.3 Å². The fraction of sp³-hybridized carbons (Fsp3) is 0.538. The number of aliphatic hydroxyl groups is 1. The third-order valence-electron chi connectivity index (χ3n) is 2.67. The summed E-state index contributed by atoms with van der Waals surface area (Å²) < 4.78 is 12.9. The fourth-order valence-electron chi connectivity index (χ4n) is 1.90. The molecule has 1 heterocycles. The molecule has 2 rings (SSSR count). The molecule has 1 aliphatic rings. The first kappa shape index (κ1) is 13.1. The lowest BCUT2D eigenvalue weighted by molar-refractivity contribution is 0.137. The van der Waals surface area contributed by atoms with E-state index in [1.165, 1.54) is 12.1 Å². The highest BCUT2D eigenvalue weighted by Gasteiger charge is 2.23. The van der Waals surface area contributed by atoms with Gasteiger partial charge >= 0.3 is 0 Å². The molecule has 3 heteroatoms. The molecule has 1 unspecified atom stereocenters. The van der Waals surface area contributed by atoms with Gasteiger partial charge in [0, 0.05) is 6.04 Å². The highest BCUT2D eigenvalue weighted by molar-refractivity contribution is 5.20. The molecule has 2 N–H and O–H groups in total. The Kier molecular flexibility index (Phi) is 5.43. The van der Waals surface area contributed by atoms with Crippen LogP contribution in [0, 0.1) is 5.82 Å². The van der Waals surface area contributed by atoms with Gasteiger partial charge in [0.15, 0.2) is 0 Å². The Bertz CT molecular complexity index is 311. The van der Waals surface area contributed by atoms with Crippen LogP contribution < -0.4 is 5.32 Å². The summed E-state index contributed by atoms with van der Waals surface area (Å²) in [7, 11) is 0. The van der Waals surface area contributed by atoms with Crippen LogP contribution in [0.25, 0.3) is 0 Å². The first-order valence-electron chi connectivity index (χ1n) is 5.94. The van der Waals surface area contributed by atoms with Crippen molar-refractivity contribution < 1.29 is 9.50 Å². The van der Waals surface area contributed by atoms with Crippen molar-refractivity contribution in [3.05, 3.63) is 35.6 Å². The van der Waals surface area contributed by atoms with Gasteiger partial charge in [-0.15, -0.1) is 0 Å². The molecule has 16 heavy (non-hydrogen) atoms. The van der Waals surface area contributed by atoms with Crippen LogP contribution in [0.2, 0.25) is 0 Å². The third kappa shape index (κ3) is 3.29. The molecule has 1 aromatic carbocycles. The molecule has 0 aliphatic carbocycles. The van der Waals surface area contributed by atoms with Gasteiger partial charge in [-0.2, -0.15) is 0 Å². The lowest BCUT2D eigenvalue weighted by Crippen LogP contribution is -2.28. The highest BCUT2D eigenvalue weighted by atomic mass is 19.1. The summed E-state index contributed by atoms with van der Waals surface area (Å²) >= 11 is 0. The quantitative estimate of drug-likeness (QED) is 0.811. The van der Waals surface area contributed by atoms with E-state index in [4.69, 9.17) is 0 Å². The van der Waals surface area contributed by atoms with Gasteiger partial charge in [-0.25, -0.2) is 4.39 Å². The van der Waals surface area contributed by atoms with Crippen molar-refractivity contribution in [2.45, 2.75) is 38.8 Å². The summed E-state index contributed by atoms with van der Waals surface area (Å²) in [5.74, 6) is -0.292. The second-order valence-corrected chi connectivity index (χ2v) is 3.70. The van der Waals surface area contributed by atoms with E-state index >= 15 is 0 Å². The van der Waals surface area contributed by atoms with Crippen molar-refractivity contribution in [1.82, 2.24) is 5.32 Å². The Morgan fingerprint density at radius 2 is 2.19 bits per heavy atom. The lowest BCUT2D eigenvalue weighted by atomic mass is 10.0. The van der Waals surface area contributed by atoms with E-state index in [1.54, 1.807) is 12.1 Å². The Balaban J connectivity index is 0.000000606. The van der Waals surface area contributed by atoms with Crippen LogP contribution in [0.4, 0.5) is 4.39 Å². The van der Waals surface area contributed by atoms with Crippen LogP contribution in [-0.4, -0.2) is 17.7 Å². The molecule has 1 saturated heterocycles. The largest absolute Gasteiger partial charge is 0.387 e. The minimum absolute atomic E-state index is 0.0804. The molecular weight excluding hydrogens is 205 g/mol. The minimum atomic E-state index is -0.590. The Labute approximate surface area is 96.5 Å². The maximum Gasteiger partial charge on any atom is 0.123 e. The monoisotopic (exact) mass is 225 g/mol. The number of nitrogens with one attached hydrogen (secondary N) is 1. The second-order valence-electron chi connectivity index (χ2n) is 3.70. The number of rotatable bonds is 2. The minimum Gasteiger partial charge on any atom is -0.387 e. The molecule has 2 nitrogen and oxygen atoms in total. The van der Waals surface area contributed by atoms with Gasteiger partial charge in [0.1, 0.15) is 5.82 Å². The molecule has 2 atom stereocenters. The van der Waals surface area contributed by atoms with E-state index in [-0.39, 0.29) is 11.9 Å². The predicted molar refractivity (Wildman–Crippen MR) is 63.7 cm³/mol. The van der Waals surface area contributed by atoms with E-state index in [0.717, 1.165) is 19.4 Å². The van der Waals surface area contributed by atoms with Gasteiger partial charge in [0.05, 0.1) is 6.10 Å². The zero-order valence-corrected chi connectivity index (χ0v) is 9.91. The lowest BCUT2D eigenvalue weighted by Gasteiger charge is -2.18. The van der Waals surface area contributed by atoms with Crippen molar-refractivity contribution in [1.29, 1.82) is 0 Å². The second kappa shape index (κ2) is 6.61. The first-order valence-corrected chi connectivity index (χ1v) is 5.94. The molecule has 0 spiro atoms. The van der Waals surface area contributed by atoms with Gasteiger partial charge in [-0.05, 0) is 37.1 Å². The summed E-state index contributed by atoms with van der Waals surface area (Å²) in [6.07, 6.45) is 1.45. The molecule has 0 radical (unpaired) electrons. The van der Waals surface area contributed by atoms with Crippen molar-refractivity contribution in [2.75, 3.05) is 6.54 Å². The maximum absolute atomic E-state index is 12.9. The van der Waals surface area contributed by atoms with Crippen molar-refractivity contribution in [3.8, 4) is 0 Å². The highest BCUT2D eigenvalue weighted by Crippen LogP contribution is 2.23. The molecule has 1 aromatic rings. The summed E-state index contributed by atoms with van der Waals surface area (Å²) in [5.41, 5.74) is 0.657. The van der Waals surface area contributed by atoms with E-state index in [0.29, 0.717) is 5.56 Å². The van der Waals surface area contributed by atoms with Crippen molar-refractivity contribution >= 4 is 0 Å². The maximum atomic E-state index is 12.9. The zero-order chi connectivity index (χ0) is 12.0. The molecule has 1 aliphatic heterocycles. The molecule has 1 fully saturated rings. The fourth-order valence-corrected chi connectivity index (χ4v) is 1.90. The topological polar surface area (TPSA) is 32.3 Å². The number of aliphatic hydroxyl groups excluding tert-OH is 1. The predicted octanol–water partition coefficient (Wildman–Crippen LogP) is 2.64. The summed E-state index contributed by atoms with van der Waals surface area (Å²) in [5, 5.41) is 13.1. The van der Waals surface area contributed by atoms with E-state index in [1.807, 2.05) is 13.8 Å². The van der Waals surface area contributed by atoms with Crippen LogP contribution >= 0.6 is 0 Å². The van der Waals surface area contributed by atoms with Crippen LogP contribution in [0.1, 0.15) is 38.4 Å². The van der Waals surface area contributed by atoms with Crippen LogP contribution in [0.3, 0.4) is 0 Å². The summed E-state index contributed by atoms with van der Waals surface area (Å²) in [6, 6.07) is 6.25. The molecule has 90 valence electrons. The summed E-state index contributed by atoms with van der Waals surface area (Å²) in [6.45, 7) is 4.94. The van der Waals surface area contributed by atoms with E-state index in [9.17, 15) is 9.50 Å². The average Bonchev–Trinajstić information content (AvgIpc) is 2.84. The van der Waals surface area contributed by atoms with E-state index in [2.05, 4.69) is 5.32 Å². The number of hydrogen-bond donors (Lipinski definition) is 2. The Morgan fingerprint density at radius 1 is 1.44 bits per heavy atom. The van der Waals surface area contributed by atoms with Crippen LogP contribution in [-0.2, 0) is 0 Å². The number of benzene rings is 1. The SMILES string of the molecule is CC.OC(c1cccc(F)c1)[C@@H]1CCCN1. The smallest absolute Gasteiger partial charge is 0.123 e. The first-order chi connectivity index (χ1) is 7.77. The Hall–Kier alpha value is -0.930. The molecule has 0 aromatic heterocycles. The summed E-state index contributed by atoms with van der Waals surface area (Å²) in [4.78, 5) is 0. The molecule has 0 amide bonds. The number of hydrogen-bond acceptors (Lipinski definition) is 2. The number of halogens is 1. The van der Waals surface area contributed by atoms with Gasteiger partial charge < -0.3 is 10.4 Å².